The SMILES string of the molecule is COC1(C(=O)O)CCC1. The Kier molecular flexibility index (Phi) is 1.45. The molecule has 0 aromatic rings. The van der Waals surface area contributed by atoms with Crippen LogP contribution in [-0.4, -0.2) is 23.8 Å². The van der Waals surface area contributed by atoms with Gasteiger partial charge in [0.2, 0.25) is 0 Å². The van der Waals surface area contributed by atoms with Crippen LogP contribution < -0.4 is 0 Å². The van der Waals surface area contributed by atoms with E-state index in [1.54, 1.807) is 0 Å². The molecule has 1 aliphatic carbocycles. The topological polar surface area (TPSA) is 46.5 Å². The minimum atomic E-state index is -0.823. The Morgan fingerprint density at radius 2 is 2.22 bits per heavy atom. The van der Waals surface area contributed by atoms with E-state index in [2.05, 4.69) is 0 Å². The van der Waals surface area contributed by atoms with E-state index in [0.717, 1.165) is 6.42 Å². The van der Waals surface area contributed by atoms with Gasteiger partial charge in [0, 0.05) is 7.11 Å². The predicted octanol–water partition coefficient (Wildman–Crippen LogP) is 0.640. The Labute approximate surface area is 53.6 Å². The smallest absolute Gasteiger partial charge is 0.335 e. The third-order valence-electron chi connectivity index (χ3n) is 1.94. The molecule has 0 atom stereocenters. The molecule has 3 heteroatoms. The van der Waals surface area contributed by atoms with Gasteiger partial charge in [0.25, 0.3) is 0 Å². The van der Waals surface area contributed by atoms with E-state index in [-0.39, 0.29) is 0 Å². The first kappa shape index (κ1) is 6.55. The molecule has 3 nitrogen and oxygen atoms in total. The van der Waals surface area contributed by atoms with Gasteiger partial charge < -0.3 is 9.84 Å². The Bertz CT molecular complexity index is 121. The zero-order valence-electron chi connectivity index (χ0n) is 5.39. The van der Waals surface area contributed by atoms with E-state index in [4.69, 9.17) is 9.84 Å². The summed E-state index contributed by atoms with van der Waals surface area (Å²) >= 11 is 0. The number of aliphatic carboxylic acids is 1. The standard InChI is InChI=1S/C6H10O3/c1-9-6(5(7)8)3-2-4-6/h2-4H2,1H3,(H,7,8). The third kappa shape index (κ3) is 0.812. The summed E-state index contributed by atoms with van der Waals surface area (Å²) < 4.78 is 4.84. The van der Waals surface area contributed by atoms with E-state index in [0.29, 0.717) is 12.8 Å². The zero-order valence-corrected chi connectivity index (χ0v) is 5.39. The molecule has 0 aliphatic heterocycles. The van der Waals surface area contributed by atoms with Gasteiger partial charge in [0.05, 0.1) is 0 Å². The molecule has 0 aromatic carbocycles. The second kappa shape index (κ2) is 1.99. The largest absolute Gasteiger partial charge is 0.479 e. The monoisotopic (exact) mass is 130 g/mol. The number of methoxy groups -OCH3 is 1. The number of hydrogen-bond donors (Lipinski definition) is 1. The average molecular weight is 130 g/mol. The van der Waals surface area contributed by atoms with Gasteiger partial charge in [-0.25, -0.2) is 4.79 Å². The Balaban J connectivity index is 2.57. The summed E-state index contributed by atoms with van der Waals surface area (Å²) in [5.41, 5.74) is -0.819. The average Bonchev–Trinajstić information content (AvgIpc) is 1.62. The van der Waals surface area contributed by atoms with Crippen molar-refractivity contribution in [3.8, 4) is 0 Å². The van der Waals surface area contributed by atoms with Gasteiger partial charge in [-0.05, 0) is 19.3 Å². The Morgan fingerprint density at radius 1 is 1.67 bits per heavy atom. The molecule has 0 amide bonds. The molecule has 0 bridgehead atoms. The van der Waals surface area contributed by atoms with Crippen LogP contribution in [0.5, 0.6) is 0 Å². The molecular weight excluding hydrogens is 120 g/mol. The number of carbonyl (C=O) groups is 1. The number of hydrogen-bond acceptors (Lipinski definition) is 2. The van der Waals surface area contributed by atoms with E-state index < -0.39 is 11.6 Å². The Morgan fingerprint density at radius 3 is 2.22 bits per heavy atom. The molecule has 0 spiro atoms. The van der Waals surface area contributed by atoms with E-state index >= 15 is 0 Å². The number of rotatable bonds is 2. The minimum Gasteiger partial charge on any atom is -0.479 e. The summed E-state index contributed by atoms with van der Waals surface area (Å²) in [5.74, 6) is -0.823. The van der Waals surface area contributed by atoms with Crippen molar-refractivity contribution in [3.05, 3.63) is 0 Å². The summed E-state index contributed by atoms with van der Waals surface area (Å²) in [6.45, 7) is 0. The molecule has 0 aromatic heterocycles. The molecule has 0 saturated heterocycles. The molecular formula is C6H10O3. The van der Waals surface area contributed by atoms with Crippen LogP contribution in [0.15, 0.2) is 0 Å². The van der Waals surface area contributed by atoms with Crippen LogP contribution in [0.2, 0.25) is 0 Å². The first-order valence-corrected chi connectivity index (χ1v) is 3.00. The fraction of sp³-hybridized carbons (Fsp3) is 0.833. The molecule has 0 heterocycles. The molecule has 9 heavy (non-hydrogen) atoms. The van der Waals surface area contributed by atoms with Gasteiger partial charge in [-0.3, -0.25) is 0 Å². The minimum absolute atomic E-state index is 0.666. The van der Waals surface area contributed by atoms with Gasteiger partial charge in [-0.15, -0.1) is 0 Å². The predicted molar refractivity (Wildman–Crippen MR) is 31.2 cm³/mol. The highest BCUT2D eigenvalue weighted by Crippen LogP contribution is 2.34. The summed E-state index contributed by atoms with van der Waals surface area (Å²) in [5, 5.41) is 8.56. The molecule has 1 rings (SSSR count). The van der Waals surface area contributed by atoms with Gasteiger partial charge in [0.1, 0.15) is 0 Å². The normalized spacial score (nSPS) is 22.8. The van der Waals surface area contributed by atoms with Crippen LogP contribution in [0, 0.1) is 0 Å². The second-order valence-corrected chi connectivity index (χ2v) is 2.36. The summed E-state index contributed by atoms with van der Waals surface area (Å²) in [6, 6.07) is 0. The van der Waals surface area contributed by atoms with E-state index in [1.807, 2.05) is 0 Å². The van der Waals surface area contributed by atoms with Crippen molar-refractivity contribution in [2.75, 3.05) is 7.11 Å². The fourth-order valence-corrected chi connectivity index (χ4v) is 1.00. The molecule has 0 radical (unpaired) electrons. The zero-order chi connectivity index (χ0) is 6.91. The molecule has 1 N–H and O–H groups in total. The fourth-order valence-electron chi connectivity index (χ4n) is 1.00. The first-order valence-electron chi connectivity index (χ1n) is 3.00. The van der Waals surface area contributed by atoms with Gasteiger partial charge in [-0.1, -0.05) is 0 Å². The molecule has 1 aliphatic rings. The third-order valence-corrected chi connectivity index (χ3v) is 1.94. The van der Waals surface area contributed by atoms with Crippen LogP contribution >= 0.6 is 0 Å². The maximum absolute atomic E-state index is 10.4. The summed E-state index contributed by atoms with van der Waals surface area (Å²) in [7, 11) is 1.45. The van der Waals surface area contributed by atoms with Crippen molar-refractivity contribution in [1.82, 2.24) is 0 Å². The summed E-state index contributed by atoms with van der Waals surface area (Å²) in [6.07, 6.45) is 2.30. The summed E-state index contributed by atoms with van der Waals surface area (Å²) in [4.78, 5) is 10.4. The maximum atomic E-state index is 10.4. The van der Waals surface area contributed by atoms with Crippen LogP contribution in [-0.2, 0) is 9.53 Å². The van der Waals surface area contributed by atoms with Crippen LogP contribution in [0.3, 0.4) is 0 Å². The van der Waals surface area contributed by atoms with Crippen molar-refractivity contribution in [3.63, 3.8) is 0 Å². The first-order chi connectivity index (χ1) is 4.21. The number of ether oxygens (including phenoxy) is 1. The highest BCUT2D eigenvalue weighted by molar-refractivity contribution is 5.78. The van der Waals surface area contributed by atoms with Crippen LogP contribution in [0.25, 0.3) is 0 Å². The van der Waals surface area contributed by atoms with Crippen molar-refractivity contribution < 1.29 is 14.6 Å². The maximum Gasteiger partial charge on any atom is 0.335 e. The highest BCUT2D eigenvalue weighted by atomic mass is 16.5. The molecule has 1 fully saturated rings. The lowest BCUT2D eigenvalue weighted by atomic mass is 9.80. The highest BCUT2D eigenvalue weighted by Gasteiger charge is 2.44. The number of carboxylic acids is 1. The Hall–Kier alpha value is -0.570. The van der Waals surface area contributed by atoms with Gasteiger partial charge in [-0.2, -0.15) is 0 Å². The van der Waals surface area contributed by atoms with Crippen molar-refractivity contribution in [1.29, 1.82) is 0 Å². The van der Waals surface area contributed by atoms with Crippen molar-refractivity contribution >= 4 is 5.97 Å². The molecule has 1 saturated carbocycles. The van der Waals surface area contributed by atoms with E-state index in [9.17, 15) is 4.79 Å². The van der Waals surface area contributed by atoms with Gasteiger partial charge in [0.15, 0.2) is 5.60 Å². The van der Waals surface area contributed by atoms with Crippen LogP contribution in [0.4, 0.5) is 0 Å². The van der Waals surface area contributed by atoms with Crippen molar-refractivity contribution in [2.24, 2.45) is 0 Å². The van der Waals surface area contributed by atoms with Crippen molar-refractivity contribution in [2.45, 2.75) is 24.9 Å². The lowest BCUT2D eigenvalue weighted by Crippen LogP contribution is -2.46. The number of carboxylic acid groups (broad SMARTS) is 1. The quantitative estimate of drug-likeness (QED) is 0.596. The van der Waals surface area contributed by atoms with Crippen LogP contribution in [0.1, 0.15) is 19.3 Å². The molecule has 0 unspecified atom stereocenters. The lowest BCUT2D eigenvalue weighted by molar-refractivity contribution is -0.173. The van der Waals surface area contributed by atoms with E-state index in [1.165, 1.54) is 7.11 Å². The second-order valence-electron chi connectivity index (χ2n) is 2.36. The lowest BCUT2D eigenvalue weighted by Gasteiger charge is -2.35. The molecule has 52 valence electrons. The van der Waals surface area contributed by atoms with Gasteiger partial charge >= 0.3 is 5.97 Å².